The summed E-state index contributed by atoms with van der Waals surface area (Å²) in [6, 6.07) is 9.26. The first kappa shape index (κ1) is 11.5. The highest BCUT2D eigenvalue weighted by Crippen LogP contribution is 2.18. The van der Waals surface area contributed by atoms with E-state index < -0.39 is 5.97 Å². The average Bonchev–Trinajstić information content (AvgIpc) is 2.38. The number of carbonyl (C=O) groups excluding carboxylic acids is 1. The first-order valence-electron chi connectivity index (χ1n) is 5.22. The second kappa shape index (κ2) is 4.93. The van der Waals surface area contributed by atoms with Crippen LogP contribution >= 0.6 is 0 Å². The lowest BCUT2D eigenvalue weighted by molar-refractivity contribution is 0.0594. The summed E-state index contributed by atoms with van der Waals surface area (Å²) in [6.45, 7) is 0.524. The molecule has 0 fully saturated rings. The van der Waals surface area contributed by atoms with E-state index in [9.17, 15) is 4.79 Å². The van der Waals surface area contributed by atoms with Crippen LogP contribution in [0.25, 0.3) is 10.9 Å². The minimum Gasteiger partial charge on any atom is -0.464 e. The third-order valence-corrected chi connectivity index (χ3v) is 2.52. The zero-order valence-corrected chi connectivity index (χ0v) is 9.77. The van der Waals surface area contributed by atoms with E-state index in [2.05, 4.69) is 9.72 Å². The van der Waals surface area contributed by atoms with Crippen LogP contribution in [0.3, 0.4) is 0 Å². The molecular formula is C13H13NO3. The Morgan fingerprint density at radius 3 is 2.76 bits per heavy atom. The molecule has 0 radical (unpaired) electrons. The fourth-order valence-electron chi connectivity index (χ4n) is 1.72. The maximum atomic E-state index is 11.4. The number of aromatic nitrogens is 1. The molecule has 0 aliphatic rings. The highest BCUT2D eigenvalue weighted by Gasteiger charge is 2.09. The average molecular weight is 231 g/mol. The molecule has 0 unspecified atom stereocenters. The summed E-state index contributed by atoms with van der Waals surface area (Å²) in [5.74, 6) is -0.427. The van der Waals surface area contributed by atoms with Gasteiger partial charge in [0.15, 0.2) is 0 Å². The molecule has 0 saturated carbocycles. The van der Waals surface area contributed by atoms with Crippen LogP contribution in [-0.4, -0.2) is 25.2 Å². The van der Waals surface area contributed by atoms with Gasteiger partial charge in [0.05, 0.1) is 19.2 Å². The van der Waals surface area contributed by atoms with Crippen molar-refractivity contribution in [3.63, 3.8) is 0 Å². The lowest BCUT2D eigenvalue weighted by Crippen LogP contribution is -2.04. The maximum Gasteiger partial charge on any atom is 0.356 e. The fourth-order valence-corrected chi connectivity index (χ4v) is 1.72. The molecule has 4 heteroatoms. The number of rotatable bonds is 3. The molecule has 1 heterocycles. The standard InChI is InChI=1S/C13H13NO3/c1-16-8-9-4-3-5-11-10(9)6-7-12(14-11)13(15)17-2/h3-7H,8H2,1-2H3. The summed E-state index contributed by atoms with van der Waals surface area (Å²) in [5, 5.41) is 0.988. The molecule has 17 heavy (non-hydrogen) atoms. The van der Waals surface area contributed by atoms with Crippen LogP contribution in [0.4, 0.5) is 0 Å². The number of pyridine rings is 1. The predicted molar refractivity (Wildman–Crippen MR) is 63.8 cm³/mol. The lowest BCUT2D eigenvalue weighted by atomic mass is 10.1. The van der Waals surface area contributed by atoms with E-state index in [-0.39, 0.29) is 0 Å². The molecule has 1 aromatic heterocycles. The molecule has 2 rings (SSSR count). The number of hydrogen-bond acceptors (Lipinski definition) is 4. The smallest absolute Gasteiger partial charge is 0.356 e. The first-order valence-corrected chi connectivity index (χ1v) is 5.22. The van der Waals surface area contributed by atoms with Crippen LogP contribution in [0.1, 0.15) is 16.1 Å². The summed E-state index contributed by atoms with van der Waals surface area (Å²) < 4.78 is 9.75. The molecule has 2 aromatic rings. The summed E-state index contributed by atoms with van der Waals surface area (Å²) in [7, 11) is 2.99. The largest absolute Gasteiger partial charge is 0.464 e. The Labute approximate surface area is 99.2 Å². The normalized spacial score (nSPS) is 10.5. The van der Waals surface area contributed by atoms with Gasteiger partial charge in [-0.2, -0.15) is 0 Å². The molecule has 0 N–H and O–H groups in total. The van der Waals surface area contributed by atoms with Gasteiger partial charge in [0.1, 0.15) is 5.69 Å². The second-order valence-corrected chi connectivity index (χ2v) is 3.60. The van der Waals surface area contributed by atoms with Crippen molar-refractivity contribution in [2.45, 2.75) is 6.61 Å². The van der Waals surface area contributed by atoms with E-state index in [1.807, 2.05) is 24.3 Å². The Morgan fingerprint density at radius 2 is 2.06 bits per heavy atom. The Hall–Kier alpha value is -1.94. The van der Waals surface area contributed by atoms with Crippen LogP contribution in [0, 0.1) is 0 Å². The SMILES string of the molecule is COCc1cccc2nc(C(=O)OC)ccc12. The van der Waals surface area contributed by atoms with E-state index in [0.29, 0.717) is 12.3 Å². The Kier molecular flexibility index (Phi) is 3.35. The molecule has 0 spiro atoms. The van der Waals surface area contributed by atoms with Gasteiger partial charge in [-0.05, 0) is 17.7 Å². The first-order chi connectivity index (χ1) is 8.26. The quantitative estimate of drug-likeness (QED) is 0.759. The van der Waals surface area contributed by atoms with Crippen molar-refractivity contribution in [2.75, 3.05) is 14.2 Å². The number of ether oxygens (including phenoxy) is 2. The topological polar surface area (TPSA) is 48.4 Å². The third kappa shape index (κ3) is 2.26. The lowest BCUT2D eigenvalue weighted by Gasteiger charge is -2.06. The van der Waals surface area contributed by atoms with Gasteiger partial charge in [0.2, 0.25) is 0 Å². The van der Waals surface area contributed by atoms with E-state index >= 15 is 0 Å². The second-order valence-electron chi connectivity index (χ2n) is 3.60. The fraction of sp³-hybridized carbons (Fsp3) is 0.231. The zero-order chi connectivity index (χ0) is 12.3. The molecule has 0 aliphatic carbocycles. The number of carbonyl (C=O) groups is 1. The van der Waals surface area contributed by atoms with Gasteiger partial charge in [-0.1, -0.05) is 18.2 Å². The monoisotopic (exact) mass is 231 g/mol. The highest BCUT2D eigenvalue weighted by atomic mass is 16.5. The molecule has 1 aromatic carbocycles. The summed E-state index contributed by atoms with van der Waals surface area (Å²) >= 11 is 0. The van der Waals surface area contributed by atoms with Crippen molar-refractivity contribution < 1.29 is 14.3 Å². The Bertz CT molecular complexity index is 551. The van der Waals surface area contributed by atoms with Crippen molar-refractivity contribution >= 4 is 16.9 Å². The van der Waals surface area contributed by atoms with Crippen molar-refractivity contribution in [2.24, 2.45) is 0 Å². The highest BCUT2D eigenvalue weighted by molar-refractivity contribution is 5.91. The van der Waals surface area contributed by atoms with Gasteiger partial charge >= 0.3 is 5.97 Å². The number of hydrogen-bond donors (Lipinski definition) is 0. The predicted octanol–water partition coefficient (Wildman–Crippen LogP) is 2.17. The number of benzene rings is 1. The summed E-state index contributed by atoms with van der Waals surface area (Å²) in [6.07, 6.45) is 0. The summed E-state index contributed by atoms with van der Waals surface area (Å²) in [5.41, 5.74) is 2.13. The molecule has 0 aliphatic heterocycles. The molecular weight excluding hydrogens is 218 g/mol. The number of methoxy groups -OCH3 is 2. The maximum absolute atomic E-state index is 11.4. The van der Waals surface area contributed by atoms with Gasteiger partial charge < -0.3 is 9.47 Å². The van der Waals surface area contributed by atoms with E-state index in [1.54, 1.807) is 13.2 Å². The van der Waals surface area contributed by atoms with Crippen LogP contribution < -0.4 is 0 Å². The van der Waals surface area contributed by atoms with E-state index in [0.717, 1.165) is 16.5 Å². The zero-order valence-electron chi connectivity index (χ0n) is 9.77. The number of fused-ring (bicyclic) bond motifs is 1. The van der Waals surface area contributed by atoms with E-state index in [4.69, 9.17) is 4.74 Å². The van der Waals surface area contributed by atoms with Crippen molar-refractivity contribution in [3.05, 3.63) is 41.6 Å². The molecule has 88 valence electrons. The number of nitrogens with zero attached hydrogens (tertiary/aromatic N) is 1. The van der Waals surface area contributed by atoms with Gasteiger partial charge in [0.25, 0.3) is 0 Å². The minimum atomic E-state index is -0.427. The van der Waals surface area contributed by atoms with Crippen LogP contribution in [0.2, 0.25) is 0 Å². The van der Waals surface area contributed by atoms with Crippen LogP contribution in [0.15, 0.2) is 30.3 Å². The third-order valence-electron chi connectivity index (χ3n) is 2.52. The molecule has 0 saturated heterocycles. The van der Waals surface area contributed by atoms with Crippen molar-refractivity contribution in [3.8, 4) is 0 Å². The van der Waals surface area contributed by atoms with Crippen molar-refractivity contribution in [1.29, 1.82) is 0 Å². The van der Waals surface area contributed by atoms with Gasteiger partial charge in [-0.15, -0.1) is 0 Å². The van der Waals surface area contributed by atoms with E-state index in [1.165, 1.54) is 7.11 Å². The van der Waals surface area contributed by atoms with Gasteiger partial charge in [-0.25, -0.2) is 9.78 Å². The Morgan fingerprint density at radius 1 is 1.24 bits per heavy atom. The molecule has 0 atom stereocenters. The Balaban J connectivity index is 2.52. The van der Waals surface area contributed by atoms with Crippen molar-refractivity contribution in [1.82, 2.24) is 4.98 Å². The van der Waals surface area contributed by atoms with Crippen LogP contribution in [0.5, 0.6) is 0 Å². The minimum absolute atomic E-state index is 0.314. The molecule has 0 amide bonds. The van der Waals surface area contributed by atoms with Crippen LogP contribution in [-0.2, 0) is 16.1 Å². The molecule has 0 bridgehead atoms. The number of esters is 1. The van der Waals surface area contributed by atoms with Gasteiger partial charge in [0, 0.05) is 12.5 Å². The summed E-state index contributed by atoms with van der Waals surface area (Å²) in [4.78, 5) is 15.6. The molecule has 4 nitrogen and oxygen atoms in total. The van der Waals surface area contributed by atoms with Gasteiger partial charge in [-0.3, -0.25) is 0 Å².